The molecule has 4 rings (SSSR count). The van der Waals surface area contributed by atoms with Gasteiger partial charge in [-0.1, -0.05) is 6.07 Å². The number of nitrogens with one attached hydrogen (secondary N) is 1. The molecule has 1 N–H and O–H groups in total. The minimum absolute atomic E-state index is 0.0120. The molecule has 148 valence electrons. The zero-order valence-electron chi connectivity index (χ0n) is 16.7. The van der Waals surface area contributed by atoms with Crippen molar-refractivity contribution in [2.24, 2.45) is 0 Å². The van der Waals surface area contributed by atoms with Gasteiger partial charge in [0.2, 0.25) is 0 Å². The van der Waals surface area contributed by atoms with Crippen molar-refractivity contribution < 1.29 is 4.79 Å². The molecule has 0 saturated carbocycles. The summed E-state index contributed by atoms with van der Waals surface area (Å²) in [6, 6.07) is 9.43. The lowest BCUT2D eigenvalue weighted by atomic mass is 9.96. The van der Waals surface area contributed by atoms with Crippen LogP contribution in [0.3, 0.4) is 0 Å². The number of anilines is 2. The molecule has 1 saturated heterocycles. The van der Waals surface area contributed by atoms with Gasteiger partial charge < -0.3 is 10.2 Å². The molecule has 0 aromatic carbocycles. The topological polar surface area (TPSA) is 83.9 Å². The van der Waals surface area contributed by atoms with Crippen LogP contribution in [0.25, 0.3) is 0 Å². The summed E-state index contributed by atoms with van der Waals surface area (Å²) in [7, 11) is 0. The molecule has 0 aliphatic carbocycles. The zero-order chi connectivity index (χ0) is 20.2. The van der Waals surface area contributed by atoms with Gasteiger partial charge in [-0.05, 0) is 50.5 Å². The summed E-state index contributed by atoms with van der Waals surface area (Å²) >= 11 is 0. The van der Waals surface area contributed by atoms with Crippen molar-refractivity contribution in [1.82, 2.24) is 24.8 Å². The number of aromatic nitrogens is 4. The van der Waals surface area contributed by atoms with E-state index in [1.807, 2.05) is 36.9 Å². The maximum atomic E-state index is 12.8. The molecule has 1 amide bonds. The Labute approximate surface area is 170 Å². The summed E-state index contributed by atoms with van der Waals surface area (Å²) < 4.78 is 0. The number of carbonyl (C=O) groups excluding carboxylic acids is 1. The van der Waals surface area contributed by atoms with Crippen molar-refractivity contribution in [3.8, 4) is 0 Å². The maximum absolute atomic E-state index is 12.8. The Balaban J connectivity index is 1.54. The largest absolute Gasteiger partial charge is 0.338 e. The third-order valence-electron chi connectivity index (χ3n) is 5.11. The fourth-order valence-electron chi connectivity index (χ4n) is 3.62. The molecule has 0 radical (unpaired) electrons. The summed E-state index contributed by atoms with van der Waals surface area (Å²) in [6.45, 7) is 5.32. The normalized spacial score (nSPS) is 16.5. The van der Waals surface area contributed by atoms with Crippen LogP contribution in [0, 0.1) is 13.8 Å². The monoisotopic (exact) mass is 388 g/mol. The Bertz CT molecular complexity index is 1010. The van der Waals surface area contributed by atoms with E-state index in [0.29, 0.717) is 12.1 Å². The number of rotatable bonds is 4. The number of piperidine rings is 1. The van der Waals surface area contributed by atoms with Crippen LogP contribution in [-0.4, -0.2) is 43.8 Å². The number of carbonyl (C=O) groups is 1. The van der Waals surface area contributed by atoms with Gasteiger partial charge in [0, 0.05) is 49.4 Å². The molecule has 3 aromatic rings. The highest BCUT2D eigenvalue weighted by Gasteiger charge is 2.27. The van der Waals surface area contributed by atoms with Crippen molar-refractivity contribution in [3.05, 3.63) is 71.6 Å². The first-order valence-electron chi connectivity index (χ1n) is 9.83. The second-order valence-electron chi connectivity index (χ2n) is 7.38. The number of nitrogens with zero attached hydrogens (tertiary/aromatic N) is 5. The van der Waals surface area contributed by atoms with E-state index in [1.165, 1.54) is 0 Å². The van der Waals surface area contributed by atoms with E-state index in [1.54, 1.807) is 30.7 Å². The van der Waals surface area contributed by atoms with Gasteiger partial charge in [-0.3, -0.25) is 9.78 Å². The van der Waals surface area contributed by atoms with Crippen LogP contribution in [-0.2, 0) is 0 Å². The summed E-state index contributed by atoms with van der Waals surface area (Å²) in [4.78, 5) is 32.6. The summed E-state index contributed by atoms with van der Waals surface area (Å²) in [6.07, 6.45) is 6.94. The van der Waals surface area contributed by atoms with Gasteiger partial charge >= 0.3 is 0 Å². The van der Waals surface area contributed by atoms with Crippen molar-refractivity contribution in [2.75, 3.05) is 18.4 Å². The zero-order valence-corrected chi connectivity index (χ0v) is 16.7. The van der Waals surface area contributed by atoms with E-state index in [4.69, 9.17) is 4.98 Å². The molecule has 0 bridgehead atoms. The highest BCUT2D eigenvalue weighted by Crippen LogP contribution is 2.27. The molecule has 29 heavy (non-hydrogen) atoms. The second-order valence-corrected chi connectivity index (χ2v) is 7.38. The number of likely N-dealkylation sites (tertiary alicyclic amines) is 1. The summed E-state index contributed by atoms with van der Waals surface area (Å²) in [5.41, 5.74) is 2.56. The molecule has 0 spiro atoms. The quantitative estimate of drug-likeness (QED) is 0.734. The molecule has 3 aromatic heterocycles. The van der Waals surface area contributed by atoms with Crippen LogP contribution in [0.5, 0.6) is 0 Å². The lowest BCUT2D eigenvalue weighted by Crippen LogP contribution is -2.39. The van der Waals surface area contributed by atoms with E-state index in [-0.39, 0.29) is 11.8 Å². The van der Waals surface area contributed by atoms with E-state index in [0.717, 1.165) is 48.1 Å². The van der Waals surface area contributed by atoms with Gasteiger partial charge in [-0.2, -0.15) is 0 Å². The Morgan fingerprint density at radius 2 is 2.03 bits per heavy atom. The van der Waals surface area contributed by atoms with Gasteiger partial charge in [0.25, 0.3) is 5.91 Å². The minimum atomic E-state index is 0.0120. The van der Waals surface area contributed by atoms with Crippen molar-refractivity contribution in [1.29, 1.82) is 0 Å². The Kier molecular flexibility index (Phi) is 5.46. The highest BCUT2D eigenvalue weighted by atomic mass is 16.2. The van der Waals surface area contributed by atoms with Crippen LogP contribution in [0.15, 0.2) is 48.9 Å². The fourth-order valence-corrected chi connectivity index (χ4v) is 3.62. The van der Waals surface area contributed by atoms with Gasteiger partial charge in [-0.15, -0.1) is 0 Å². The maximum Gasteiger partial charge on any atom is 0.255 e. The van der Waals surface area contributed by atoms with Crippen molar-refractivity contribution in [2.45, 2.75) is 32.6 Å². The van der Waals surface area contributed by atoms with E-state index >= 15 is 0 Å². The molecule has 1 aliphatic heterocycles. The minimum Gasteiger partial charge on any atom is -0.338 e. The van der Waals surface area contributed by atoms with Crippen molar-refractivity contribution >= 4 is 17.5 Å². The Hall–Kier alpha value is -3.35. The predicted molar refractivity (Wildman–Crippen MR) is 111 cm³/mol. The Morgan fingerprint density at radius 3 is 2.83 bits per heavy atom. The number of amides is 1. The Morgan fingerprint density at radius 1 is 1.17 bits per heavy atom. The standard InChI is InChI=1S/C22H24N6O/c1-15-6-3-10-24-20(15)26-19-12-16(2)25-21(27-19)18-8-5-11-28(14-18)22(29)17-7-4-9-23-13-17/h3-4,6-7,9-10,12-13,18H,5,8,11,14H2,1-2H3,(H,24,25,26,27). The molecule has 1 unspecified atom stereocenters. The van der Waals surface area contributed by atoms with Crippen LogP contribution in [0.2, 0.25) is 0 Å². The third-order valence-corrected chi connectivity index (χ3v) is 5.11. The second kappa shape index (κ2) is 8.34. The first-order chi connectivity index (χ1) is 14.1. The summed E-state index contributed by atoms with van der Waals surface area (Å²) in [5.74, 6) is 2.40. The lowest BCUT2D eigenvalue weighted by Gasteiger charge is -2.32. The lowest BCUT2D eigenvalue weighted by molar-refractivity contribution is 0.0704. The summed E-state index contributed by atoms with van der Waals surface area (Å²) in [5, 5.41) is 3.30. The van der Waals surface area contributed by atoms with Gasteiger partial charge in [0.05, 0.1) is 5.56 Å². The van der Waals surface area contributed by atoms with E-state index in [9.17, 15) is 4.79 Å². The molecule has 4 heterocycles. The third kappa shape index (κ3) is 4.39. The molecule has 1 atom stereocenters. The number of hydrogen-bond donors (Lipinski definition) is 1. The number of aryl methyl sites for hydroxylation is 2. The average molecular weight is 388 g/mol. The fraction of sp³-hybridized carbons (Fsp3) is 0.318. The van der Waals surface area contributed by atoms with Crippen LogP contribution in [0.1, 0.15) is 46.2 Å². The highest BCUT2D eigenvalue weighted by molar-refractivity contribution is 5.94. The van der Waals surface area contributed by atoms with Crippen LogP contribution < -0.4 is 5.32 Å². The smallest absolute Gasteiger partial charge is 0.255 e. The molecular formula is C22H24N6O. The van der Waals surface area contributed by atoms with Crippen LogP contribution in [0.4, 0.5) is 11.6 Å². The van der Waals surface area contributed by atoms with Gasteiger partial charge in [-0.25, -0.2) is 15.0 Å². The average Bonchev–Trinajstić information content (AvgIpc) is 2.75. The molecular weight excluding hydrogens is 364 g/mol. The molecule has 1 aliphatic rings. The van der Waals surface area contributed by atoms with Gasteiger partial charge in [0.15, 0.2) is 0 Å². The van der Waals surface area contributed by atoms with E-state index < -0.39 is 0 Å². The van der Waals surface area contributed by atoms with Crippen LogP contribution >= 0.6 is 0 Å². The number of pyridine rings is 2. The first-order valence-corrected chi connectivity index (χ1v) is 9.83. The molecule has 7 heteroatoms. The predicted octanol–water partition coefficient (Wildman–Crippen LogP) is 3.65. The number of hydrogen-bond acceptors (Lipinski definition) is 6. The molecule has 7 nitrogen and oxygen atoms in total. The molecule has 1 fully saturated rings. The first kappa shape index (κ1) is 19.0. The van der Waals surface area contributed by atoms with Crippen molar-refractivity contribution in [3.63, 3.8) is 0 Å². The SMILES string of the molecule is Cc1cc(Nc2ncccc2C)nc(C2CCCN(C(=O)c3cccnc3)C2)n1. The van der Waals surface area contributed by atoms with Gasteiger partial charge in [0.1, 0.15) is 17.5 Å². The van der Waals surface area contributed by atoms with E-state index in [2.05, 4.69) is 20.3 Å².